The van der Waals surface area contributed by atoms with E-state index in [4.69, 9.17) is 13.9 Å². The van der Waals surface area contributed by atoms with Crippen LogP contribution in [0.4, 0.5) is 0 Å². The summed E-state index contributed by atoms with van der Waals surface area (Å²) in [4.78, 5) is 2.52. The monoisotopic (exact) mass is 279 g/mol. The van der Waals surface area contributed by atoms with Gasteiger partial charge in [0.05, 0.1) is 25.2 Å². The molecule has 0 amide bonds. The van der Waals surface area contributed by atoms with Gasteiger partial charge in [-0.25, -0.2) is 0 Å². The maximum Gasteiger partial charge on any atom is 0.0947 e. The summed E-state index contributed by atoms with van der Waals surface area (Å²) in [6, 6.07) is 2.05. The number of rotatable bonds is 5. The molecule has 0 radical (unpaired) electrons. The average Bonchev–Trinajstić information content (AvgIpc) is 2.98. The highest BCUT2D eigenvalue weighted by Crippen LogP contribution is 2.40. The molecule has 3 heterocycles. The molecule has 20 heavy (non-hydrogen) atoms. The molecular weight excluding hydrogens is 254 g/mol. The minimum absolute atomic E-state index is 0.191. The van der Waals surface area contributed by atoms with Crippen LogP contribution in [-0.2, 0) is 16.0 Å². The summed E-state index contributed by atoms with van der Waals surface area (Å²) in [5, 5.41) is 0. The SMILES string of the molecule is CCOCC12CCCOC1CCN(Cc1ccoc1)C2. The average molecular weight is 279 g/mol. The van der Waals surface area contributed by atoms with Crippen LogP contribution in [0.2, 0.25) is 0 Å². The van der Waals surface area contributed by atoms with Crippen molar-refractivity contribution in [2.45, 2.75) is 38.8 Å². The van der Waals surface area contributed by atoms with Crippen molar-refractivity contribution in [2.75, 3.05) is 32.9 Å². The molecule has 0 aliphatic carbocycles. The molecule has 3 rings (SSSR count). The normalized spacial score (nSPS) is 31.1. The molecule has 4 nitrogen and oxygen atoms in total. The van der Waals surface area contributed by atoms with Crippen LogP contribution in [0.25, 0.3) is 0 Å². The largest absolute Gasteiger partial charge is 0.472 e. The molecule has 1 aromatic rings. The van der Waals surface area contributed by atoms with Gasteiger partial charge in [0.15, 0.2) is 0 Å². The van der Waals surface area contributed by atoms with Crippen LogP contribution in [0.1, 0.15) is 31.7 Å². The quantitative estimate of drug-likeness (QED) is 0.830. The zero-order valence-corrected chi connectivity index (χ0v) is 12.3. The number of hydrogen-bond acceptors (Lipinski definition) is 4. The lowest BCUT2D eigenvalue weighted by Gasteiger charge is -2.50. The molecule has 2 aliphatic heterocycles. The molecule has 4 heteroatoms. The Morgan fingerprint density at radius 2 is 2.45 bits per heavy atom. The van der Waals surface area contributed by atoms with E-state index >= 15 is 0 Å². The third kappa shape index (κ3) is 2.92. The molecule has 0 aromatic carbocycles. The Bertz CT molecular complexity index is 406. The van der Waals surface area contributed by atoms with Gasteiger partial charge in [-0.2, -0.15) is 0 Å². The van der Waals surface area contributed by atoms with Crippen LogP contribution in [0.3, 0.4) is 0 Å². The van der Waals surface area contributed by atoms with E-state index in [1.165, 1.54) is 12.0 Å². The van der Waals surface area contributed by atoms with E-state index in [9.17, 15) is 0 Å². The minimum atomic E-state index is 0.191. The molecule has 2 atom stereocenters. The summed E-state index contributed by atoms with van der Waals surface area (Å²) in [6.07, 6.45) is 7.47. The summed E-state index contributed by atoms with van der Waals surface area (Å²) in [5.41, 5.74) is 1.45. The van der Waals surface area contributed by atoms with E-state index in [1.54, 1.807) is 6.26 Å². The van der Waals surface area contributed by atoms with Gasteiger partial charge in [0.2, 0.25) is 0 Å². The lowest BCUT2D eigenvalue weighted by atomic mass is 9.73. The Labute approximate surface area is 121 Å². The van der Waals surface area contributed by atoms with Crippen molar-refractivity contribution in [2.24, 2.45) is 5.41 Å². The van der Waals surface area contributed by atoms with Crippen LogP contribution in [-0.4, -0.2) is 43.9 Å². The van der Waals surface area contributed by atoms with Gasteiger partial charge in [-0.15, -0.1) is 0 Å². The summed E-state index contributed by atoms with van der Waals surface area (Å²) >= 11 is 0. The van der Waals surface area contributed by atoms with Crippen molar-refractivity contribution in [3.63, 3.8) is 0 Å². The second-order valence-electron chi connectivity index (χ2n) is 6.09. The third-order valence-corrected chi connectivity index (χ3v) is 4.65. The Balaban J connectivity index is 1.68. The Hall–Kier alpha value is -0.840. The highest BCUT2D eigenvalue weighted by Gasteiger charge is 2.45. The van der Waals surface area contributed by atoms with Crippen LogP contribution in [0.5, 0.6) is 0 Å². The van der Waals surface area contributed by atoms with Crippen molar-refractivity contribution < 1.29 is 13.9 Å². The van der Waals surface area contributed by atoms with Gasteiger partial charge in [-0.05, 0) is 32.3 Å². The van der Waals surface area contributed by atoms with E-state index in [0.717, 1.165) is 52.3 Å². The number of furan rings is 1. The first-order valence-corrected chi connectivity index (χ1v) is 7.75. The van der Waals surface area contributed by atoms with E-state index < -0.39 is 0 Å². The Morgan fingerprint density at radius 3 is 3.25 bits per heavy atom. The van der Waals surface area contributed by atoms with Crippen LogP contribution < -0.4 is 0 Å². The Morgan fingerprint density at radius 1 is 1.50 bits per heavy atom. The molecule has 112 valence electrons. The number of fused-ring (bicyclic) bond motifs is 1. The molecule has 0 spiro atoms. The molecule has 1 aromatic heterocycles. The predicted molar refractivity (Wildman–Crippen MR) is 76.5 cm³/mol. The number of likely N-dealkylation sites (tertiary alicyclic amines) is 1. The van der Waals surface area contributed by atoms with E-state index in [2.05, 4.69) is 17.9 Å². The first-order chi connectivity index (χ1) is 9.82. The molecule has 0 saturated carbocycles. The van der Waals surface area contributed by atoms with Gasteiger partial charge in [0.1, 0.15) is 0 Å². The second kappa shape index (κ2) is 6.29. The highest BCUT2D eigenvalue weighted by molar-refractivity contribution is 5.06. The minimum Gasteiger partial charge on any atom is -0.472 e. The molecule has 2 fully saturated rings. The van der Waals surface area contributed by atoms with Gasteiger partial charge in [-0.3, -0.25) is 4.90 Å². The topological polar surface area (TPSA) is 34.8 Å². The second-order valence-corrected chi connectivity index (χ2v) is 6.09. The fourth-order valence-corrected chi connectivity index (χ4v) is 3.67. The summed E-state index contributed by atoms with van der Waals surface area (Å²) in [5.74, 6) is 0. The highest BCUT2D eigenvalue weighted by atomic mass is 16.5. The van der Waals surface area contributed by atoms with Crippen LogP contribution in [0, 0.1) is 5.41 Å². The maximum atomic E-state index is 6.04. The van der Waals surface area contributed by atoms with Gasteiger partial charge >= 0.3 is 0 Å². The molecule has 2 saturated heterocycles. The van der Waals surface area contributed by atoms with Gasteiger partial charge < -0.3 is 13.9 Å². The zero-order chi connectivity index (χ0) is 13.8. The van der Waals surface area contributed by atoms with Crippen molar-refractivity contribution in [3.05, 3.63) is 24.2 Å². The third-order valence-electron chi connectivity index (χ3n) is 4.65. The van der Waals surface area contributed by atoms with E-state index in [0.29, 0.717) is 6.10 Å². The lowest BCUT2D eigenvalue weighted by molar-refractivity contribution is -0.153. The molecule has 0 bridgehead atoms. The van der Waals surface area contributed by atoms with Crippen molar-refractivity contribution >= 4 is 0 Å². The summed E-state index contributed by atoms with van der Waals surface area (Å²) < 4.78 is 17.0. The number of piperidine rings is 1. The van der Waals surface area contributed by atoms with Gasteiger partial charge in [0, 0.05) is 43.8 Å². The fraction of sp³-hybridized carbons (Fsp3) is 0.750. The first kappa shape index (κ1) is 14.1. The smallest absolute Gasteiger partial charge is 0.0947 e. The fourth-order valence-electron chi connectivity index (χ4n) is 3.67. The molecule has 0 N–H and O–H groups in total. The number of hydrogen-bond donors (Lipinski definition) is 0. The van der Waals surface area contributed by atoms with Gasteiger partial charge in [-0.1, -0.05) is 0 Å². The summed E-state index contributed by atoms with van der Waals surface area (Å²) in [6.45, 7) is 7.75. The number of ether oxygens (including phenoxy) is 2. The Kier molecular flexibility index (Phi) is 4.44. The van der Waals surface area contributed by atoms with Crippen LogP contribution >= 0.6 is 0 Å². The van der Waals surface area contributed by atoms with Crippen molar-refractivity contribution in [3.8, 4) is 0 Å². The lowest BCUT2D eigenvalue weighted by Crippen LogP contribution is -2.56. The van der Waals surface area contributed by atoms with Crippen molar-refractivity contribution in [1.82, 2.24) is 4.90 Å². The van der Waals surface area contributed by atoms with Crippen molar-refractivity contribution in [1.29, 1.82) is 0 Å². The van der Waals surface area contributed by atoms with E-state index in [1.807, 2.05) is 6.26 Å². The zero-order valence-electron chi connectivity index (χ0n) is 12.3. The maximum absolute atomic E-state index is 6.04. The first-order valence-electron chi connectivity index (χ1n) is 7.75. The van der Waals surface area contributed by atoms with Gasteiger partial charge in [0.25, 0.3) is 0 Å². The molecular formula is C16H25NO3. The molecule has 2 unspecified atom stereocenters. The predicted octanol–water partition coefficient (Wildman–Crippen LogP) is 2.69. The van der Waals surface area contributed by atoms with E-state index in [-0.39, 0.29) is 5.41 Å². The number of nitrogens with zero attached hydrogens (tertiary/aromatic N) is 1. The molecule has 2 aliphatic rings. The summed E-state index contributed by atoms with van der Waals surface area (Å²) in [7, 11) is 0. The van der Waals surface area contributed by atoms with Crippen LogP contribution in [0.15, 0.2) is 23.0 Å². The standard InChI is InChI=1S/C16H25NO3/c1-2-18-13-16-6-3-8-20-15(16)4-7-17(12-16)10-14-5-9-19-11-14/h5,9,11,15H,2-4,6-8,10,12-13H2,1H3.